The van der Waals surface area contributed by atoms with Crippen molar-refractivity contribution in [1.29, 1.82) is 0 Å². The molecule has 1 amide bonds. The molecule has 0 aliphatic carbocycles. The van der Waals surface area contributed by atoms with Gasteiger partial charge >= 0.3 is 0 Å². The molecule has 1 aliphatic heterocycles. The number of halogens is 1. The maximum absolute atomic E-state index is 11.5. The van der Waals surface area contributed by atoms with E-state index in [1.807, 2.05) is 24.3 Å². The lowest BCUT2D eigenvalue weighted by Crippen LogP contribution is -2.40. The molecule has 0 bridgehead atoms. The van der Waals surface area contributed by atoms with E-state index >= 15 is 0 Å². The number of nitrogens with two attached hydrogens (primary N) is 1. The number of hydrogen-bond donors (Lipinski definition) is 2. The van der Waals surface area contributed by atoms with E-state index < -0.39 is 0 Å². The third kappa shape index (κ3) is 3.40. The standard InChI is InChI=1S/C18H20ClN5O2S/c1-10-21-18-24(22-10)17(26)15(27-18)14(12-3-2-4-13(19)9-12)23-7-5-11(6-8-23)16(20)25/h2-4,9,11,14,26H,5-8H2,1H3,(H2,20,25)/t14-/m0/s1. The minimum atomic E-state index is -0.244. The Morgan fingerprint density at radius 1 is 1.41 bits per heavy atom. The Bertz CT molecular complexity index is 993. The number of benzene rings is 1. The van der Waals surface area contributed by atoms with Crippen molar-refractivity contribution in [2.45, 2.75) is 25.8 Å². The molecule has 2 aromatic heterocycles. The zero-order valence-electron chi connectivity index (χ0n) is 14.8. The van der Waals surface area contributed by atoms with E-state index in [9.17, 15) is 9.90 Å². The summed E-state index contributed by atoms with van der Waals surface area (Å²) in [6, 6.07) is 7.45. The normalized spacial score (nSPS) is 17.4. The lowest BCUT2D eigenvalue weighted by molar-refractivity contribution is -0.123. The molecule has 3 N–H and O–H groups in total. The molecule has 7 nitrogen and oxygen atoms in total. The summed E-state index contributed by atoms with van der Waals surface area (Å²) in [7, 11) is 0. The molecule has 142 valence electrons. The Balaban J connectivity index is 1.75. The van der Waals surface area contributed by atoms with Gasteiger partial charge in [0.2, 0.25) is 16.7 Å². The number of likely N-dealkylation sites (tertiary alicyclic amines) is 1. The summed E-state index contributed by atoms with van der Waals surface area (Å²) in [5.74, 6) is 0.369. The Morgan fingerprint density at radius 3 is 2.78 bits per heavy atom. The maximum atomic E-state index is 11.5. The van der Waals surface area contributed by atoms with Crippen LogP contribution in [0.25, 0.3) is 4.96 Å². The number of hydrogen-bond acceptors (Lipinski definition) is 6. The van der Waals surface area contributed by atoms with Crippen LogP contribution in [-0.2, 0) is 4.79 Å². The molecule has 3 heterocycles. The number of fused-ring (bicyclic) bond motifs is 1. The molecule has 1 aromatic carbocycles. The molecule has 1 aliphatic rings. The number of aromatic nitrogens is 3. The third-order valence-electron chi connectivity index (χ3n) is 5.02. The highest BCUT2D eigenvalue weighted by Gasteiger charge is 2.33. The zero-order chi connectivity index (χ0) is 19.1. The van der Waals surface area contributed by atoms with Gasteiger partial charge in [-0.05, 0) is 50.6 Å². The topological polar surface area (TPSA) is 96.8 Å². The Morgan fingerprint density at radius 2 is 2.15 bits per heavy atom. The van der Waals surface area contributed by atoms with E-state index in [1.165, 1.54) is 15.9 Å². The molecule has 1 saturated heterocycles. The predicted octanol–water partition coefficient (Wildman–Crippen LogP) is 2.74. The van der Waals surface area contributed by atoms with Gasteiger partial charge in [0, 0.05) is 10.9 Å². The van der Waals surface area contributed by atoms with Crippen molar-refractivity contribution in [3.05, 3.63) is 45.6 Å². The van der Waals surface area contributed by atoms with Crippen LogP contribution in [0.4, 0.5) is 0 Å². The van der Waals surface area contributed by atoms with Crippen LogP contribution >= 0.6 is 22.9 Å². The Kier molecular flexibility index (Phi) is 4.79. The fraction of sp³-hybridized carbons (Fsp3) is 0.389. The van der Waals surface area contributed by atoms with Gasteiger partial charge in [-0.2, -0.15) is 4.52 Å². The van der Waals surface area contributed by atoms with Gasteiger partial charge in [-0.1, -0.05) is 35.1 Å². The van der Waals surface area contributed by atoms with Gasteiger partial charge in [-0.15, -0.1) is 5.10 Å². The highest BCUT2D eigenvalue weighted by Crippen LogP contribution is 2.41. The van der Waals surface area contributed by atoms with E-state index in [2.05, 4.69) is 15.0 Å². The van der Waals surface area contributed by atoms with Crippen LogP contribution in [0.5, 0.6) is 5.88 Å². The third-order valence-corrected chi connectivity index (χ3v) is 6.32. The van der Waals surface area contributed by atoms with Gasteiger partial charge in [0.15, 0.2) is 0 Å². The highest BCUT2D eigenvalue weighted by atomic mass is 35.5. The highest BCUT2D eigenvalue weighted by molar-refractivity contribution is 7.17. The lowest BCUT2D eigenvalue weighted by Gasteiger charge is -2.36. The molecule has 0 spiro atoms. The molecule has 0 unspecified atom stereocenters. The first-order valence-electron chi connectivity index (χ1n) is 8.78. The van der Waals surface area contributed by atoms with Crippen LogP contribution in [0.15, 0.2) is 24.3 Å². The largest absolute Gasteiger partial charge is 0.492 e. The first kappa shape index (κ1) is 18.2. The fourth-order valence-electron chi connectivity index (χ4n) is 3.67. The molecule has 0 saturated carbocycles. The van der Waals surface area contributed by atoms with Gasteiger partial charge in [0.25, 0.3) is 0 Å². The second-order valence-corrected chi connectivity index (χ2v) is 8.26. The van der Waals surface area contributed by atoms with Crippen molar-refractivity contribution in [2.24, 2.45) is 11.7 Å². The number of aromatic hydroxyl groups is 1. The Hall–Kier alpha value is -2.16. The second-order valence-electron chi connectivity index (χ2n) is 6.81. The summed E-state index contributed by atoms with van der Waals surface area (Å²) in [6.07, 6.45) is 1.40. The van der Waals surface area contributed by atoms with Crippen molar-refractivity contribution < 1.29 is 9.90 Å². The monoisotopic (exact) mass is 405 g/mol. The molecule has 1 fully saturated rings. The van der Waals surface area contributed by atoms with E-state index in [-0.39, 0.29) is 23.7 Å². The van der Waals surface area contributed by atoms with E-state index in [0.717, 1.165) is 10.4 Å². The minimum absolute atomic E-state index is 0.0950. The van der Waals surface area contributed by atoms with E-state index in [0.29, 0.717) is 41.7 Å². The summed E-state index contributed by atoms with van der Waals surface area (Å²) in [4.78, 5) is 19.6. The van der Waals surface area contributed by atoms with Gasteiger partial charge in [0.05, 0.1) is 10.9 Å². The number of thiazole rings is 1. The van der Waals surface area contributed by atoms with Crippen molar-refractivity contribution >= 4 is 33.8 Å². The van der Waals surface area contributed by atoms with Gasteiger partial charge in [0.1, 0.15) is 5.82 Å². The number of nitrogens with zero attached hydrogens (tertiary/aromatic N) is 4. The van der Waals surface area contributed by atoms with Gasteiger partial charge in [-0.25, -0.2) is 4.98 Å². The first-order valence-corrected chi connectivity index (χ1v) is 9.97. The van der Waals surface area contributed by atoms with E-state index in [4.69, 9.17) is 17.3 Å². The van der Waals surface area contributed by atoms with Crippen molar-refractivity contribution in [2.75, 3.05) is 13.1 Å². The first-order chi connectivity index (χ1) is 12.9. The van der Waals surface area contributed by atoms with Crippen molar-refractivity contribution in [1.82, 2.24) is 19.5 Å². The molecule has 27 heavy (non-hydrogen) atoms. The number of rotatable bonds is 4. The van der Waals surface area contributed by atoms with Gasteiger partial charge in [-0.3, -0.25) is 9.69 Å². The summed E-state index contributed by atoms with van der Waals surface area (Å²) in [5.41, 5.74) is 6.46. The molecule has 1 atom stereocenters. The number of piperidine rings is 1. The van der Waals surface area contributed by atoms with Crippen LogP contribution < -0.4 is 5.73 Å². The average molecular weight is 406 g/mol. The molecular weight excluding hydrogens is 386 g/mol. The van der Waals surface area contributed by atoms with Crippen LogP contribution in [0.2, 0.25) is 5.02 Å². The molecule has 4 rings (SSSR count). The van der Waals surface area contributed by atoms with Crippen molar-refractivity contribution in [3.63, 3.8) is 0 Å². The summed E-state index contributed by atoms with van der Waals surface area (Å²) in [5, 5.41) is 15.7. The number of primary amides is 1. The van der Waals surface area contributed by atoms with Crippen LogP contribution in [0, 0.1) is 12.8 Å². The van der Waals surface area contributed by atoms with Crippen LogP contribution in [-0.4, -0.2) is 43.6 Å². The second kappa shape index (κ2) is 7.10. The smallest absolute Gasteiger partial charge is 0.230 e. The predicted molar refractivity (Wildman–Crippen MR) is 104 cm³/mol. The quantitative estimate of drug-likeness (QED) is 0.695. The van der Waals surface area contributed by atoms with Gasteiger partial charge < -0.3 is 10.8 Å². The SMILES string of the molecule is Cc1nc2sc([C@H](c3cccc(Cl)c3)N3CCC(C(N)=O)CC3)c(O)n2n1. The molecular formula is C18H20ClN5O2S. The lowest BCUT2D eigenvalue weighted by atomic mass is 9.93. The fourth-order valence-corrected chi connectivity index (χ4v) is 5.03. The molecule has 0 radical (unpaired) electrons. The number of aryl methyl sites for hydroxylation is 1. The minimum Gasteiger partial charge on any atom is -0.492 e. The number of amides is 1. The zero-order valence-corrected chi connectivity index (χ0v) is 16.4. The Labute approximate surface area is 165 Å². The summed E-state index contributed by atoms with van der Waals surface area (Å²) < 4.78 is 1.48. The molecule has 9 heteroatoms. The average Bonchev–Trinajstić information content (AvgIpc) is 3.14. The maximum Gasteiger partial charge on any atom is 0.230 e. The van der Waals surface area contributed by atoms with Crippen molar-refractivity contribution in [3.8, 4) is 5.88 Å². The number of carbonyl (C=O) groups excluding carboxylic acids is 1. The van der Waals surface area contributed by atoms with E-state index in [1.54, 1.807) is 6.92 Å². The molecule has 3 aromatic rings. The van der Waals surface area contributed by atoms with Crippen LogP contribution in [0.1, 0.15) is 35.1 Å². The van der Waals surface area contributed by atoms with Crippen LogP contribution in [0.3, 0.4) is 0 Å². The summed E-state index contributed by atoms with van der Waals surface area (Å²) >= 11 is 7.65. The summed E-state index contributed by atoms with van der Waals surface area (Å²) in [6.45, 7) is 3.20. The number of carbonyl (C=O) groups is 1.